The second-order valence-electron chi connectivity index (χ2n) is 15.0. The summed E-state index contributed by atoms with van der Waals surface area (Å²) in [7, 11) is 0. The lowest BCUT2D eigenvalue weighted by atomic mass is 9.95. The number of halogens is 7. The maximum absolute atomic E-state index is 14.3. The summed E-state index contributed by atoms with van der Waals surface area (Å²) < 4.78 is 52.8. The minimum atomic E-state index is -0.940. The summed E-state index contributed by atoms with van der Waals surface area (Å²) in [5.74, 6) is -3.02. The number of rotatable bonds is 14. The lowest BCUT2D eigenvalue weighted by molar-refractivity contribution is -0.392. The summed E-state index contributed by atoms with van der Waals surface area (Å²) >= 11 is 13.3. The van der Waals surface area contributed by atoms with Gasteiger partial charge in [-0.2, -0.15) is 14.6 Å². The van der Waals surface area contributed by atoms with Crippen LogP contribution in [0.4, 0.5) is 24.8 Å². The van der Waals surface area contributed by atoms with E-state index < -0.39 is 45.3 Å². The molecule has 8 aromatic rings. The first-order valence-corrected chi connectivity index (χ1v) is 24.2. The molecule has 2 unspecified atom stereocenters. The second kappa shape index (κ2) is 24.6. The average molecular weight is 1230 g/mol. The highest BCUT2D eigenvalue weighted by molar-refractivity contribution is 9.11. The molecule has 0 saturated carbocycles. The number of pyridine rings is 2. The van der Waals surface area contributed by atoms with Crippen molar-refractivity contribution in [3.63, 3.8) is 0 Å². The molecule has 0 radical (unpaired) electrons. The van der Waals surface area contributed by atoms with Gasteiger partial charge >= 0.3 is 11.6 Å². The van der Waals surface area contributed by atoms with E-state index in [9.17, 15) is 38.5 Å². The number of hydrogen-bond donors (Lipinski definition) is 1. The van der Waals surface area contributed by atoms with Gasteiger partial charge in [-0.3, -0.25) is 9.36 Å². The van der Waals surface area contributed by atoms with E-state index in [0.717, 1.165) is 44.1 Å². The smallest absolute Gasteiger partial charge is 0.406 e. The first-order chi connectivity index (χ1) is 33.9. The van der Waals surface area contributed by atoms with Gasteiger partial charge in [0.25, 0.3) is 0 Å². The molecule has 2 aromatic carbocycles. The largest absolute Gasteiger partial charge is 0.478 e. The normalized spacial score (nSPS) is 11.7. The van der Waals surface area contributed by atoms with Gasteiger partial charge in [-0.25, -0.2) is 28.7 Å². The Morgan fingerprint density at radius 1 is 0.634 bits per heavy atom. The fourth-order valence-electron chi connectivity index (χ4n) is 6.98. The van der Waals surface area contributed by atoms with Crippen LogP contribution >= 0.6 is 63.7 Å². The van der Waals surface area contributed by atoms with Crippen LogP contribution in [0.3, 0.4) is 0 Å². The standard InChI is InChI=1S/C23H19Br2FN6O3.C18H18BrFN4O.C5H2BrFN2O2/c1-3-31-22(25)15(10-30-31)6-14-9-27-12-29-21(14)18-5-4-17(26)8-19(18)13(2)35-20-7-16(24)11-28-23(20)32(33)34;1-3-24-18(19)13(9-23-24)6-12-8-21-10-22-17(12)15-5-4-14(20)7-16(15)11(2)25;6-3-1-4(7)5(8-2-3)9(10)11/h4-5,7-13H,3,6H2,1-2H3;4-5,7-11,25H,3,6H2,1-2H3;1-2H. The van der Waals surface area contributed by atoms with Crippen molar-refractivity contribution in [3.05, 3.63) is 188 Å². The third-order valence-corrected chi connectivity index (χ3v) is 13.0. The van der Waals surface area contributed by atoms with Crippen LogP contribution in [-0.2, 0) is 25.9 Å². The molecule has 0 aliphatic rings. The first kappa shape index (κ1) is 53.9. The molecule has 0 amide bonds. The Bertz CT molecular complexity index is 3200. The summed E-state index contributed by atoms with van der Waals surface area (Å²) in [4.78, 5) is 44.2. The maximum atomic E-state index is 14.3. The van der Waals surface area contributed by atoms with Gasteiger partial charge in [-0.15, -0.1) is 0 Å². The van der Waals surface area contributed by atoms with Gasteiger partial charge in [0.15, 0.2) is 12.4 Å². The van der Waals surface area contributed by atoms with Crippen molar-refractivity contribution in [1.29, 1.82) is 0 Å². The van der Waals surface area contributed by atoms with Crippen molar-refractivity contribution in [2.45, 2.75) is 65.8 Å². The third kappa shape index (κ3) is 13.5. The highest BCUT2D eigenvalue weighted by Gasteiger charge is 2.25. The van der Waals surface area contributed by atoms with Gasteiger partial charge < -0.3 is 30.1 Å². The van der Waals surface area contributed by atoms with E-state index in [-0.39, 0.29) is 11.6 Å². The lowest BCUT2D eigenvalue weighted by Gasteiger charge is -2.19. The lowest BCUT2D eigenvalue weighted by Crippen LogP contribution is -2.09. The minimum absolute atomic E-state index is 0.0362. The first-order valence-electron chi connectivity index (χ1n) is 21.1. The number of hydrogen-bond acceptors (Lipinski definition) is 14. The highest BCUT2D eigenvalue weighted by Crippen LogP contribution is 2.37. The van der Waals surface area contributed by atoms with Crippen molar-refractivity contribution in [3.8, 4) is 28.3 Å². The van der Waals surface area contributed by atoms with Gasteiger partial charge in [-0.05, 0) is 153 Å². The van der Waals surface area contributed by atoms with E-state index in [1.54, 1.807) is 44.6 Å². The average Bonchev–Trinajstić information content (AvgIpc) is 3.88. The van der Waals surface area contributed by atoms with E-state index >= 15 is 0 Å². The highest BCUT2D eigenvalue weighted by atomic mass is 79.9. The van der Waals surface area contributed by atoms with Crippen LogP contribution in [0, 0.1) is 37.7 Å². The Morgan fingerprint density at radius 2 is 1.10 bits per heavy atom. The van der Waals surface area contributed by atoms with Crippen LogP contribution in [0.5, 0.6) is 5.75 Å². The molecule has 0 bridgehead atoms. The number of benzene rings is 2. The molecule has 71 heavy (non-hydrogen) atoms. The number of nitro groups is 2. The van der Waals surface area contributed by atoms with Crippen LogP contribution in [0.25, 0.3) is 22.5 Å². The molecule has 8 rings (SSSR count). The number of aryl methyl sites for hydroxylation is 2. The molecule has 6 aromatic heterocycles. The molecule has 0 spiro atoms. The van der Waals surface area contributed by atoms with Crippen LogP contribution in [0.15, 0.2) is 117 Å². The molecule has 368 valence electrons. The summed E-state index contributed by atoms with van der Waals surface area (Å²) in [6.45, 7) is 8.80. The molecule has 6 heterocycles. The van der Waals surface area contributed by atoms with Gasteiger partial charge in [0.2, 0.25) is 11.6 Å². The predicted octanol–water partition coefficient (Wildman–Crippen LogP) is 11.9. The number of ether oxygens (including phenoxy) is 1. The van der Waals surface area contributed by atoms with Crippen molar-refractivity contribution in [2.75, 3.05) is 0 Å². The SMILES string of the molecule is CCn1ncc(Cc2cncnc2-c2ccc(F)cc2C(C)O)c1Br.CCn1ncc(Cc2cncnc2-c2ccc(F)cc2C(C)Oc2cc(Br)cnc2[N+](=O)[O-])c1Br.O=[N+]([O-])c1ncc(Br)cc1F. The zero-order chi connectivity index (χ0) is 51.5. The van der Waals surface area contributed by atoms with Crippen molar-refractivity contribution in [2.24, 2.45) is 0 Å². The Hall–Kier alpha value is -6.41. The molecule has 0 aliphatic heterocycles. The Labute approximate surface area is 436 Å². The Balaban J connectivity index is 0.000000198. The topological polar surface area (TPSA) is 229 Å². The summed E-state index contributed by atoms with van der Waals surface area (Å²) in [5, 5.41) is 40.2. The number of aliphatic hydroxyl groups is 1. The monoisotopic (exact) mass is 1230 g/mol. The Morgan fingerprint density at radius 3 is 1.55 bits per heavy atom. The zero-order valence-corrected chi connectivity index (χ0v) is 44.1. The van der Waals surface area contributed by atoms with Crippen LogP contribution in [0.1, 0.15) is 73.3 Å². The fraction of sp³-hybridized carbons (Fsp3) is 0.217. The van der Waals surface area contributed by atoms with E-state index in [0.29, 0.717) is 62.0 Å². The molecule has 1 N–H and O–H groups in total. The minimum Gasteiger partial charge on any atom is -0.478 e. The van der Waals surface area contributed by atoms with E-state index in [1.165, 1.54) is 55.4 Å². The Kier molecular flexibility index (Phi) is 18.7. The second-order valence-corrected chi connectivity index (χ2v) is 18.4. The number of nitrogens with zero attached hydrogens (tertiary/aromatic N) is 12. The van der Waals surface area contributed by atoms with Crippen LogP contribution in [-0.4, -0.2) is 64.4 Å². The maximum Gasteiger partial charge on any atom is 0.406 e. The van der Waals surface area contributed by atoms with Gasteiger partial charge in [0, 0.05) is 89.4 Å². The molecule has 0 aliphatic carbocycles. The van der Waals surface area contributed by atoms with Gasteiger partial charge in [0.05, 0.1) is 38.8 Å². The summed E-state index contributed by atoms with van der Waals surface area (Å²) in [5.41, 5.74) is 7.24. The van der Waals surface area contributed by atoms with Gasteiger partial charge in [0.1, 0.15) is 39.6 Å². The quantitative estimate of drug-likeness (QED) is 0.0789. The summed E-state index contributed by atoms with van der Waals surface area (Å²) in [6, 6.07) is 11.1. The summed E-state index contributed by atoms with van der Waals surface area (Å²) in [6.07, 6.45) is 11.9. The van der Waals surface area contributed by atoms with E-state index in [2.05, 4.69) is 104 Å². The van der Waals surface area contributed by atoms with Crippen LogP contribution in [0.2, 0.25) is 0 Å². The fourth-order valence-corrected chi connectivity index (χ4v) is 8.76. The predicted molar refractivity (Wildman–Crippen MR) is 268 cm³/mol. The number of aromatic nitrogens is 10. The van der Waals surface area contributed by atoms with Crippen molar-refractivity contribution >= 4 is 75.4 Å². The molecule has 0 fully saturated rings. The van der Waals surface area contributed by atoms with Crippen molar-refractivity contribution < 1.29 is 32.9 Å². The van der Waals surface area contributed by atoms with Crippen LogP contribution < -0.4 is 4.74 Å². The molecule has 18 nitrogen and oxygen atoms in total. The zero-order valence-electron chi connectivity index (χ0n) is 37.7. The molecule has 25 heteroatoms. The molecule has 2 atom stereocenters. The molecular weight excluding hydrogens is 1190 g/mol. The van der Waals surface area contributed by atoms with Gasteiger partial charge in [-0.1, -0.05) is 0 Å². The third-order valence-electron chi connectivity index (χ3n) is 10.3. The van der Waals surface area contributed by atoms with Crippen molar-refractivity contribution in [1.82, 2.24) is 49.5 Å². The van der Waals surface area contributed by atoms with E-state index in [4.69, 9.17) is 4.74 Å². The molecular formula is C46H39Br4F3N12O6. The van der Waals surface area contributed by atoms with E-state index in [1.807, 2.05) is 29.4 Å². The number of aliphatic hydroxyl groups excluding tert-OH is 1. The molecule has 0 saturated heterocycles.